The second-order valence-electron chi connectivity index (χ2n) is 4.58. The van der Waals surface area contributed by atoms with E-state index >= 15 is 0 Å². The Kier molecular flexibility index (Phi) is 5.15. The second-order valence-corrected chi connectivity index (χ2v) is 5.49. The highest BCUT2D eigenvalue weighted by molar-refractivity contribution is 9.10. The van der Waals surface area contributed by atoms with E-state index in [4.69, 9.17) is 10.5 Å². The Morgan fingerprint density at radius 2 is 2.00 bits per heavy atom. The topological polar surface area (TPSA) is 35.2 Å². The maximum Gasteiger partial charge on any atom is 0.130 e. The maximum atomic E-state index is 13.7. The van der Waals surface area contributed by atoms with E-state index in [1.165, 1.54) is 6.07 Å². The minimum absolute atomic E-state index is 0.0686. The van der Waals surface area contributed by atoms with Gasteiger partial charge < -0.3 is 10.5 Å². The van der Waals surface area contributed by atoms with E-state index in [2.05, 4.69) is 15.9 Å². The van der Waals surface area contributed by atoms with E-state index in [1.54, 1.807) is 12.1 Å². The zero-order chi connectivity index (χ0) is 14.5. The number of hydrogen-bond acceptors (Lipinski definition) is 2. The summed E-state index contributed by atoms with van der Waals surface area (Å²) in [5.41, 5.74) is 7.53. The average Bonchev–Trinajstić information content (AvgIpc) is 2.46. The largest absolute Gasteiger partial charge is 0.488 e. The molecule has 1 atom stereocenters. The molecule has 0 fully saturated rings. The van der Waals surface area contributed by atoms with Gasteiger partial charge in [0, 0.05) is 21.6 Å². The van der Waals surface area contributed by atoms with E-state index in [0.29, 0.717) is 15.8 Å². The van der Waals surface area contributed by atoms with Gasteiger partial charge in [0.2, 0.25) is 0 Å². The van der Waals surface area contributed by atoms with Crippen molar-refractivity contribution in [3.8, 4) is 5.75 Å². The molecule has 0 aromatic heterocycles. The molecule has 1 unspecified atom stereocenters. The van der Waals surface area contributed by atoms with Crippen molar-refractivity contribution in [1.29, 1.82) is 0 Å². The Labute approximate surface area is 126 Å². The molecule has 0 radical (unpaired) electrons. The fourth-order valence-electron chi connectivity index (χ4n) is 1.93. The maximum absolute atomic E-state index is 13.7. The molecule has 0 spiro atoms. The Morgan fingerprint density at radius 1 is 1.25 bits per heavy atom. The molecule has 0 aliphatic carbocycles. The summed E-state index contributed by atoms with van der Waals surface area (Å²) < 4.78 is 20.2. The van der Waals surface area contributed by atoms with Gasteiger partial charge in [-0.05, 0) is 24.6 Å². The molecular formula is C16H17BrFNO. The van der Waals surface area contributed by atoms with Gasteiger partial charge in [-0.15, -0.1) is 0 Å². The summed E-state index contributed by atoms with van der Waals surface area (Å²) >= 11 is 3.23. The van der Waals surface area contributed by atoms with Crippen LogP contribution in [0.1, 0.15) is 30.5 Å². The first-order valence-electron chi connectivity index (χ1n) is 6.53. The van der Waals surface area contributed by atoms with Gasteiger partial charge in [-0.2, -0.15) is 0 Å². The molecule has 0 amide bonds. The quantitative estimate of drug-likeness (QED) is 0.866. The smallest absolute Gasteiger partial charge is 0.130 e. The van der Waals surface area contributed by atoms with Gasteiger partial charge in [0.1, 0.15) is 18.2 Å². The van der Waals surface area contributed by atoms with Gasteiger partial charge in [-0.3, -0.25) is 0 Å². The Morgan fingerprint density at radius 3 is 2.70 bits per heavy atom. The highest BCUT2D eigenvalue weighted by Crippen LogP contribution is 2.26. The number of benzene rings is 2. The van der Waals surface area contributed by atoms with Crippen molar-refractivity contribution in [3.05, 3.63) is 63.9 Å². The molecule has 0 heterocycles. The average molecular weight is 338 g/mol. The molecule has 0 saturated carbocycles. The zero-order valence-electron chi connectivity index (χ0n) is 11.3. The molecule has 20 heavy (non-hydrogen) atoms. The first-order chi connectivity index (χ1) is 9.61. The summed E-state index contributed by atoms with van der Waals surface area (Å²) in [6.45, 7) is 2.21. The van der Waals surface area contributed by atoms with Crippen LogP contribution < -0.4 is 10.5 Å². The zero-order valence-corrected chi connectivity index (χ0v) is 12.9. The van der Waals surface area contributed by atoms with Gasteiger partial charge in [-0.25, -0.2) is 4.39 Å². The summed E-state index contributed by atoms with van der Waals surface area (Å²) in [5.74, 6) is 0.431. The number of halogens is 2. The second kappa shape index (κ2) is 6.86. The Hall–Kier alpha value is -1.39. The van der Waals surface area contributed by atoms with Crippen LogP contribution in [0, 0.1) is 5.82 Å². The van der Waals surface area contributed by atoms with Crippen molar-refractivity contribution in [3.63, 3.8) is 0 Å². The lowest BCUT2D eigenvalue weighted by Crippen LogP contribution is -2.11. The molecule has 0 saturated heterocycles. The molecule has 2 aromatic carbocycles. The van der Waals surface area contributed by atoms with Crippen LogP contribution in [0.25, 0.3) is 0 Å². The molecular weight excluding hydrogens is 321 g/mol. The first kappa shape index (κ1) is 15.0. The molecule has 2 aromatic rings. The lowest BCUT2D eigenvalue weighted by atomic mass is 10.0. The molecule has 0 aliphatic heterocycles. The lowest BCUT2D eigenvalue weighted by Gasteiger charge is -2.16. The molecule has 0 aliphatic rings. The number of ether oxygens (including phenoxy) is 1. The van der Waals surface area contributed by atoms with E-state index in [-0.39, 0.29) is 18.5 Å². The summed E-state index contributed by atoms with van der Waals surface area (Å²) in [7, 11) is 0. The van der Waals surface area contributed by atoms with Gasteiger partial charge in [0.25, 0.3) is 0 Å². The van der Waals surface area contributed by atoms with Crippen LogP contribution in [-0.2, 0) is 6.61 Å². The van der Waals surface area contributed by atoms with E-state index in [9.17, 15) is 4.39 Å². The van der Waals surface area contributed by atoms with Crippen molar-refractivity contribution in [1.82, 2.24) is 0 Å². The third kappa shape index (κ3) is 3.58. The lowest BCUT2D eigenvalue weighted by molar-refractivity contribution is 0.294. The molecule has 2 rings (SSSR count). The third-order valence-corrected chi connectivity index (χ3v) is 3.65. The van der Waals surface area contributed by atoms with Crippen LogP contribution in [0.2, 0.25) is 0 Å². The van der Waals surface area contributed by atoms with Crippen LogP contribution in [-0.4, -0.2) is 0 Å². The minimum Gasteiger partial charge on any atom is -0.488 e. The normalized spacial score (nSPS) is 12.2. The Balaban J connectivity index is 2.15. The summed E-state index contributed by atoms with van der Waals surface area (Å²) in [4.78, 5) is 0. The fraction of sp³-hybridized carbons (Fsp3) is 0.250. The van der Waals surface area contributed by atoms with Crippen molar-refractivity contribution in [2.75, 3.05) is 0 Å². The van der Waals surface area contributed by atoms with E-state index < -0.39 is 0 Å². The van der Waals surface area contributed by atoms with Gasteiger partial charge >= 0.3 is 0 Å². The number of para-hydroxylation sites is 1. The highest BCUT2D eigenvalue weighted by Gasteiger charge is 2.11. The number of rotatable bonds is 5. The number of hydrogen-bond donors (Lipinski definition) is 1. The molecule has 4 heteroatoms. The van der Waals surface area contributed by atoms with Crippen LogP contribution >= 0.6 is 15.9 Å². The van der Waals surface area contributed by atoms with Crippen molar-refractivity contribution >= 4 is 15.9 Å². The van der Waals surface area contributed by atoms with Crippen molar-refractivity contribution in [2.45, 2.75) is 26.0 Å². The predicted molar refractivity (Wildman–Crippen MR) is 82.1 cm³/mol. The SMILES string of the molecule is CCC(N)c1ccccc1OCc1ccc(Br)cc1F. The molecule has 0 bridgehead atoms. The van der Waals surface area contributed by atoms with E-state index in [1.807, 2.05) is 31.2 Å². The van der Waals surface area contributed by atoms with Gasteiger partial charge in [0.15, 0.2) is 0 Å². The molecule has 2 nitrogen and oxygen atoms in total. The van der Waals surface area contributed by atoms with Gasteiger partial charge in [-0.1, -0.05) is 47.1 Å². The Bertz CT molecular complexity index is 588. The van der Waals surface area contributed by atoms with Crippen LogP contribution in [0.4, 0.5) is 4.39 Å². The molecule has 2 N–H and O–H groups in total. The monoisotopic (exact) mass is 337 g/mol. The highest BCUT2D eigenvalue weighted by atomic mass is 79.9. The fourth-order valence-corrected chi connectivity index (χ4v) is 2.27. The third-order valence-electron chi connectivity index (χ3n) is 3.16. The van der Waals surface area contributed by atoms with Crippen molar-refractivity contribution in [2.24, 2.45) is 5.73 Å². The first-order valence-corrected chi connectivity index (χ1v) is 7.32. The number of nitrogens with two attached hydrogens (primary N) is 1. The van der Waals surface area contributed by atoms with Crippen molar-refractivity contribution < 1.29 is 9.13 Å². The summed E-state index contributed by atoms with van der Waals surface area (Å²) in [5, 5.41) is 0. The van der Waals surface area contributed by atoms with Gasteiger partial charge in [0.05, 0.1) is 0 Å². The van der Waals surface area contributed by atoms with Crippen LogP contribution in [0.15, 0.2) is 46.9 Å². The van der Waals surface area contributed by atoms with Crippen LogP contribution in [0.3, 0.4) is 0 Å². The predicted octanol–water partition coefficient (Wildman–Crippen LogP) is 4.58. The van der Waals surface area contributed by atoms with Crippen LogP contribution in [0.5, 0.6) is 5.75 Å². The molecule has 106 valence electrons. The van der Waals surface area contributed by atoms with E-state index in [0.717, 1.165) is 12.0 Å². The minimum atomic E-state index is -0.281. The standard InChI is InChI=1S/C16H17BrFNO/c1-2-15(19)13-5-3-4-6-16(13)20-10-11-7-8-12(17)9-14(11)18/h3-9,15H,2,10,19H2,1H3. The summed E-state index contributed by atoms with van der Waals surface area (Å²) in [6.07, 6.45) is 0.826. The summed E-state index contributed by atoms with van der Waals surface area (Å²) in [6, 6.07) is 12.5.